The Morgan fingerprint density at radius 3 is 2.66 bits per heavy atom. The molecule has 1 aliphatic heterocycles. The first kappa shape index (κ1) is 24.4. The summed E-state index contributed by atoms with van der Waals surface area (Å²) < 4.78 is 3.44. The number of pyridine rings is 1. The third-order valence-corrected chi connectivity index (χ3v) is 7.65. The van der Waals surface area contributed by atoms with E-state index in [9.17, 15) is 4.79 Å². The van der Waals surface area contributed by atoms with E-state index in [2.05, 4.69) is 59.1 Å². The molecule has 2 N–H and O–H groups in total. The summed E-state index contributed by atoms with van der Waals surface area (Å²) >= 11 is 0. The van der Waals surface area contributed by atoms with E-state index in [4.69, 9.17) is 9.97 Å². The fourth-order valence-electron chi connectivity index (χ4n) is 5.64. The Kier molecular flexibility index (Phi) is 6.23. The standard InChI is InChI=1S/C29H34N8O/c1-4-16-36-27(38)23-19-31-28(32-21-8-10-22(11-9-21)35-17-14-30-15-18-35)34-26(23)37(36)24-12-7-20-6-5-13-29(2,3)25(20)33-24/h4,7-12,19,30H,1,5-6,13-18H2,2-3H3,(H,31,32,34). The fourth-order valence-corrected chi connectivity index (χ4v) is 5.64. The van der Waals surface area contributed by atoms with Crippen molar-refractivity contribution in [3.05, 3.63) is 76.9 Å². The molecular weight excluding hydrogens is 476 g/mol. The topological polar surface area (TPSA) is 92.9 Å². The predicted molar refractivity (Wildman–Crippen MR) is 152 cm³/mol. The first-order chi connectivity index (χ1) is 18.4. The highest BCUT2D eigenvalue weighted by Gasteiger charge is 2.30. The van der Waals surface area contributed by atoms with Crippen molar-refractivity contribution >= 4 is 28.4 Å². The van der Waals surface area contributed by atoms with Gasteiger partial charge in [0.05, 0.1) is 12.2 Å². The van der Waals surface area contributed by atoms with Crippen LogP contribution >= 0.6 is 0 Å². The summed E-state index contributed by atoms with van der Waals surface area (Å²) in [5.74, 6) is 1.10. The molecule has 0 atom stereocenters. The Hall–Kier alpha value is -3.98. The minimum absolute atomic E-state index is 0.0192. The van der Waals surface area contributed by atoms with E-state index in [1.807, 2.05) is 22.9 Å². The van der Waals surface area contributed by atoms with Gasteiger partial charge in [-0.1, -0.05) is 26.0 Å². The molecule has 0 unspecified atom stereocenters. The van der Waals surface area contributed by atoms with Crippen molar-refractivity contribution < 1.29 is 0 Å². The first-order valence-electron chi connectivity index (χ1n) is 13.4. The zero-order valence-corrected chi connectivity index (χ0v) is 22.1. The molecule has 0 radical (unpaired) electrons. The third-order valence-electron chi connectivity index (χ3n) is 7.65. The molecule has 196 valence electrons. The lowest BCUT2D eigenvalue weighted by atomic mass is 9.76. The van der Waals surface area contributed by atoms with Gasteiger partial charge >= 0.3 is 0 Å². The van der Waals surface area contributed by atoms with Gasteiger partial charge in [0.25, 0.3) is 5.56 Å². The highest BCUT2D eigenvalue weighted by Crippen LogP contribution is 2.36. The van der Waals surface area contributed by atoms with Crippen molar-refractivity contribution in [1.29, 1.82) is 0 Å². The lowest BCUT2D eigenvalue weighted by Gasteiger charge is -2.31. The maximum atomic E-state index is 13.3. The number of benzene rings is 1. The van der Waals surface area contributed by atoms with Crippen LogP contribution in [0.25, 0.3) is 16.9 Å². The molecule has 1 fully saturated rings. The van der Waals surface area contributed by atoms with Crippen molar-refractivity contribution in [2.75, 3.05) is 36.4 Å². The van der Waals surface area contributed by atoms with Gasteiger partial charge in [-0.05, 0) is 55.2 Å². The van der Waals surface area contributed by atoms with Crippen LogP contribution in [0.4, 0.5) is 17.3 Å². The van der Waals surface area contributed by atoms with Crippen molar-refractivity contribution in [1.82, 2.24) is 29.6 Å². The second-order valence-corrected chi connectivity index (χ2v) is 10.7. The molecule has 1 aliphatic carbocycles. The predicted octanol–water partition coefficient (Wildman–Crippen LogP) is 3.93. The molecule has 1 aromatic carbocycles. The zero-order chi connectivity index (χ0) is 26.3. The molecule has 1 saturated heterocycles. The lowest BCUT2D eigenvalue weighted by molar-refractivity contribution is 0.416. The Balaban J connectivity index is 1.39. The van der Waals surface area contributed by atoms with Gasteiger partial charge < -0.3 is 15.5 Å². The maximum Gasteiger partial charge on any atom is 0.278 e. The van der Waals surface area contributed by atoms with Crippen molar-refractivity contribution in [3.63, 3.8) is 0 Å². The normalized spacial score (nSPS) is 16.8. The Morgan fingerprint density at radius 1 is 1.11 bits per heavy atom. The van der Waals surface area contributed by atoms with Crippen molar-refractivity contribution in [2.45, 2.75) is 45.1 Å². The zero-order valence-electron chi connectivity index (χ0n) is 22.1. The van der Waals surface area contributed by atoms with Crippen LogP contribution in [-0.2, 0) is 18.4 Å². The highest BCUT2D eigenvalue weighted by molar-refractivity contribution is 5.77. The van der Waals surface area contributed by atoms with E-state index in [1.54, 1.807) is 17.0 Å². The van der Waals surface area contributed by atoms with Gasteiger partial charge in [0.2, 0.25) is 5.95 Å². The summed E-state index contributed by atoms with van der Waals surface area (Å²) in [6.45, 7) is 12.7. The van der Waals surface area contributed by atoms with Gasteiger partial charge in [0, 0.05) is 49.2 Å². The van der Waals surface area contributed by atoms with Crippen LogP contribution < -0.4 is 21.1 Å². The second-order valence-electron chi connectivity index (χ2n) is 10.7. The molecular formula is C29H34N8O. The largest absolute Gasteiger partial charge is 0.369 e. The number of piperazine rings is 1. The summed E-state index contributed by atoms with van der Waals surface area (Å²) in [7, 11) is 0. The number of anilines is 3. The van der Waals surface area contributed by atoms with Crippen molar-refractivity contribution in [2.24, 2.45) is 0 Å². The summed E-state index contributed by atoms with van der Waals surface area (Å²) in [4.78, 5) is 30.1. The van der Waals surface area contributed by atoms with Crippen LogP contribution in [0.5, 0.6) is 0 Å². The molecule has 9 heteroatoms. The lowest BCUT2D eigenvalue weighted by Crippen LogP contribution is -2.43. The number of hydrogen-bond acceptors (Lipinski definition) is 7. The minimum atomic E-state index is -0.161. The number of hydrogen-bond donors (Lipinski definition) is 2. The molecule has 3 aromatic heterocycles. The van der Waals surface area contributed by atoms with Gasteiger partial charge in [-0.25, -0.2) is 19.3 Å². The summed E-state index contributed by atoms with van der Waals surface area (Å²) in [6.07, 6.45) is 6.59. The van der Waals surface area contributed by atoms with Crippen LogP contribution in [-0.4, -0.2) is 50.5 Å². The SMILES string of the molecule is C=CCn1c(=O)c2cnc(Nc3ccc(N4CCNCC4)cc3)nc2n1-c1ccc2c(n1)C(C)(C)CCC2. The number of rotatable bonds is 6. The van der Waals surface area contributed by atoms with Gasteiger partial charge in [0.15, 0.2) is 11.5 Å². The van der Waals surface area contributed by atoms with Gasteiger partial charge in [-0.15, -0.1) is 6.58 Å². The molecule has 38 heavy (non-hydrogen) atoms. The molecule has 4 aromatic rings. The summed E-state index contributed by atoms with van der Waals surface area (Å²) in [5.41, 5.74) is 4.80. The van der Waals surface area contributed by atoms with E-state index >= 15 is 0 Å². The van der Waals surface area contributed by atoms with Crippen LogP contribution in [0.1, 0.15) is 37.9 Å². The Morgan fingerprint density at radius 2 is 1.89 bits per heavy atom. The van der Waals surface area contributed by atoms with Gasteiger partial charge in [-0.2, -0.15) is 4.98 Å². The fraction of sp³-hybridized carbons (Fsp3) is 0.379. The molecule has 2 aliphatic rings. The van der Waals surface area contributed by atoms with E-state index in [0.717, 1.165) is 56.8 Å². The number of allylic oxidation sites excluding steroid dienone is 1. The van der Waals surface area contributed by atoms with Crippen LogP contribution in [0, 0.1) is 0 Å². The Labute approximate surface area is 222 Å². The van der Waals surface area contributed by atoms with E-state index in [0.29, 0.717) is 29.3 Å². The molecule has 0 spiro atoms. The van der Waals surface area contributed by atoms with E-state index in [1.165, 1.54) is 11.3 Å². The number of aromatic nitrogens is 5. The smallest absolute Gasteiger partial charge is 0.278 e. The monoisotopic (exact) mass is 510 g/mol. The van der Waals surface area contributed by atoms with Crippen LogP contribution in [0.3, 0.4) is 0 Å². The molecule has 9 nitrogen and oxygen atoms in total. The van der Waals surface area contributed by atoms with E-state index < -0.39 is 0 Å². The molecule has 0 saturated carbocycles. The molecule has 0 amide bonds. The average Bonchev–Trinajstić information content (AvgIpc) is 3.20. The van der Waals surface area contributed by atoms with Gasteiger partial charge in [-0.3, -0.25) is 4.79 Å². The number of nitrogens with zero attached hydrogens (tertiary/aromatic N) is 6. The number of nitrogens with one attached hydrogen (secondary N) is 2. The summed E-state index contributed by atoms with van der Waals surface area (Å²) in [5, 5.41) is 7.15. The summed E-state index contributed by atoms with van der Waals surface area (Å²) in [6, 6.07) is 12.4. The van der Waals surface area contributed by atoms with Gasteiger partial charge in [0.1, 0.15) is 5.39 Å². The van der Waals surface area contributed by atoms with Crippen LogP contribution in [0.15, 0.2) is 60.0 Å². The Bertz CT molecular complexity index is 1540. The second kappa shape index (κ2) is 9.72. The number of fused-ring (bicyclic) bond motifs is 2. The van der Waals surface area contributed by atoms with E-state index in [-0.39, 0.29) is 11.0 Å². The average molecular weight is 511 g/mol. The maximum absolute atomic E-state index is 13.3. The molecule has 0 bridgehead atoms. The third kappa shape index (κ3) is 4.36. The quantitative estimate of drug-likeness (QED) is 0.380. The molecule has 6 rings (SSSR count). The minimum Gasteiger partial charge on any atom is -0.369 e. The van der Waals surface area contributed by atoms with Crippen molar-refractivity contribution in [3.8, 4) is 5.82 Å². The number of aryl methyl sites for hydroxylation is 1. The first-order valence-corrected chi connectivity index (χ1v) is 13.4. The highest BCUT2D eigenvalue weighted by atomic mass is 16.1. The molecule has 4 heterocycles. The van der Waals surface area contributed by atoms with Crippen LogP contribution in [0.2, 0.25) is 0 Å².